The zero-order valence-electron chi connectivity index (χ0n) is 11.2. The molecule has 0 saturated carbocycles. The molecule has 0 amide bonds. The molecule has 0 aliphatic carbocycles. The standard InChI is InChI=1S/C15H14F3NO.ClH/c1-10(19)11-5-4-6-12(9-11)13-7-2-3-8-14(13)20-15(16,17)18;/h2-10H,19H2,1H3;1H/t10-;/m1./s1. The first kappa shape index (κ1) is 17.3. The van der Waals surface area contributed by atoms with Crippen LogP contribution in [0.5, 0.6) is 5.75 Å². The summed E-state index contributed by atoms with van der Waals surface area (Å²) in [5, 5.41) is 0. The van der Waals surface area contributed by atoms with Crippen molar-refractivity contribution in [2.75, 3.05) is 0 Å². The quantitative estimate of drug-likeness (QED) is 0.891. The molecule has 0 bridgehead atoms. The number of alkyl halides is 3. The van der Waals surface area contributed by atoms with Crippen molar-refractivity contribution in [1.82, 2.24) is 0 Å². The lowest BCUT2D eigenvalue weighted by Gasteiger charge is -2.14. The fraction of sp³-hybridized carbons (Fsp3) is 0.200. The van der Waals surface area contributed by atoms with Gasteiger partial charge in [0.1, 0.15) is 5.75 Å². The van der Waals surface area contributed by atoms with Crippen molar-refractivity contribution in [3.63, 3.8) is 0 Å². The second kappa shape index (κ2) is 6.83. The fourth-order valence-electron chi connectivity index (χ4n) is 1.91. The first-order chi connectivity index (χ1) is 9.37. The van der Waals surface area contributed by atoms with Crippen LogP contribution in [0.2, 0.25) is 0 Å². The average Bonchev–Trinajstić information content (AvgIpc) is 2.37. The lowest BCUT2D eigenvalue weighted by Crippen LogP contribution is -2.17. The zero-order valence-corrected chi connectivity index (χ0v) is 12.0. The Morgan fingerprint density at radius 2 is 1.71 bits per heavy atom. The summed E-state index contributed by atoms with van der Waals surface area (Å²) in [5.41, 5.74) is 7.66. The number of benzene rings is 2. The molecule has 2 aromatic carbocycles. The van der Waals surface area contributed by atoms with Gasteiger partial charge in [-0.05, 0) is 30.2 Å². The molecule has 0 unspecified atom stereocenters. The summed E-state index contributed by atoms with van der Waals surface area (Å²) in [7, 11) is 0. The van der Waals surface area contributed by atoms with Crippen molar-refractivity contribution in [3.05, 3.63) is 54.1 Å². The molecule has 0 saturated heterocycles. The highest BCUT2D eigenvalue weighted by Gasteiger charge is 2.32. The van der Waals surface area contributed by atoms with E-state index in [4.69, 9.17) is 5.73 Å². The Morgan fingerprint density at radius 1 is 1.05 bits per heavy atom. The average molecular weight is 318 g/mol. The third kappa shape index (κ3) is 4.65. The predicted molar refractivity (Wildman–Crippen MR) is 78.4 cm³/mol. The van der Waals surface area contributed by atoms with Gasteiger partial charge in [-0.1, -0.05) is 36.4 Å². The largest absolute Gasteiger partial charge is 0.573 e. The van der Waals surface area contributed by atoms with E-state index in [1.165, 1.54) is 12.1 Å². The van der Waals surface area contributed by atoms with E-state index >= 15 is 0 Å². The van der Waals surface area contributed by atoms with Crippen LogP contribution in [0.15, 0.2) is 48.5 Å². The Hall–Kier alpha value is -1.72. The lowest BCUT2D eigenvalue weighted by molar-refractivity contribution is -0.274. The number of hydrogen-bond acceptors (Lipinski definition) is 2. The Balaban J connectivity index is 0.00000220. The number of hydrogen-bond donors (Lipinski definition) is 1. The zero-order chi connectivity index (χ0) is 14.8. The highest BCUT2D eigenvalue weighted by Crippen LogP contribution is 2.34. The summed E-state index contributed by atoms with van der Waals surface area (Å²) in [6, 6.07) is 12.9. The summed E-state index contributed by atoms with van der Waals surface area (Å²) in [5.74, 6) is -0.221. The van der Waals surface area contributed by atoms with Crippen LogP contribution in [0.3, 0.4) is 0 Å². The van der Waals surface area contributed by atoms with E-state index in [2.05, 4.69) is 4.74 Å². The second-order valence-electron chi connectivity index (χ2n) is 4.46. The van der Waals surface area contributed by atoms with Crippen LogP contribution in [-0.2, 0) is 0 Å². The summed E-state index contributed by atoms with van der Waals surface area (Å²) in [6.07, 6.45) is -4.71. The summed E-state index contributed by atoms with van der Waals surface area (Å²) < 4.78 is 41.3. The molecule has 2 aromatic rings. The molecule has 0 fully saturated rings. The Morgan fingerprint density at radius 3 is 2.33 bits per heavy atom. The maximum Gasteiger partial charge on any atom is 0.573 e. The monoisotopic (exact) mass is 317 g/mol. The van der Waals surface area contributed by atoms with E-state index in [1.54, 1.807) is 30.3 Å². The van der Waals surface area contributed by atoms with Crippen LogP contribution in [0, 0.1) is 0 Å². The molecule has 0 spiro atoms. The maximum absolute atomic E-state index is 12.4. The van der Waals surface area contributed by atoms with E-state index < -0.39 is 6.36 Å². The second-order valence-corrected chi connectivity index (χ2v) is 4.46. The van der Waals surface area contributed by atoms with Gasteiger partial charge in [0.25, 0.3) is 0 Å². The van der Waals surface area contributed by atoms with Crippen molar-refractivity contribution in [1.29, 1.82) is 0 Å². The fourth-order valence-corrected chi connectivity index (χ4v) is 1.91. The molecule has 114 valence electrons. The highest BCUT2D eigenvalue weighted by molar-refractivity contribution is 5.85. The van der Waals surface area contributed by atoms with Crippen molar-refractivity contribution < 1.29 is 17.9 Å². The number of rotatable bonds is 3. The lowest BCUT2D eigenvalue weighted by atomic mass is 10.00. The molecular weight excluding hydrogens is 303 g/mol. The van der Waals surface area contributed by atoms with Gasteiger partial charge in [-0.25, -0.2) is 0 Å². The van der Waals surface area contributed by atoms with Gasteiger partial charge in [-0.3, -0.25) is 0 Å². The van der Waals surface area contributed by atoms with Crippen LogP contribution < -0.4 is 10.5 Å². The van der Waals surface area contributed by atoms with Gasteiger partial charge in [0.05, 0.1) is 0 Å². The minimum atomic E-state index is -4.71. The molecule has 0 aliphatic heterocycles. The first-order valence-electron chi connectivity index (χ1n) is 6.07. The minimum Gasteiger partial charge on any atom is -0.405 e. The van der Waals surface area contributed by atoms with E-state index in [0.717, 1.165) is 5.56 Å². The molecule has 2 nitrogen and oxygen atoms in total. The van der Waals surface area contributed by atoms with Crippen LogP contribution in [0.25, 0.3) is 11.1 Å². The first-order valence-corrected chi connectivity index (χ1v) is 6.07. The van der Waals surface area contributed by atoms with Crippen molar-refractivity contribution in [3.8, 4) is 16.9 Å². The molecule has 1 atom stereocenters. The SMILES string of the molecule is C[C@@H](N)c1cccc(-c2ccccc2OC(F)(F)F)c1.Cl. The summed E-state index contributed by atoms with van der Waals surface area (Å²) in [6.45, 7) is 1.82. The van der Waals surface area contributed by atoms with Crippen molar-refractivity contribution in [2.45, 2.75) is 19.3 Å². The van der Waals surface area contributed by atoms with Crippen LogP contribution >= 0.6 is 12.4 Å². The number of nitrogens with two attached hydrogens (primary N) is 1. The number of ether oxygens (including phenoxy) is 1. The molecule has 0 aromatic heterocycles. The summed E-state index contributed by atoms with van der Waals surface area (Å²) >= 11 is 0. The molecular formula is C15H15ClF3NO. The summed E-state index contributed by atoms with van der Waals surface area (Å²) in [4.78, 5) is 0. The molecule has 0 heterocycles. The van der Waals surface area contributed by atoms with Gasteiger partial charge in [0.2, 0.25) is 0 Å². The van der Waals surface area contributed by atoms with Gasteiger partial charge < -0.3 is 10.5 Å². The third-order valence-electron chi connectivity index (χ3n) is 2.84. The van der Waals surface area contributed by atoms with Crippen molar-refractivity contribution in [2.24, 2.45) is 5.73 Å². The Kier molecular flexibility index (Phi) is 5.63. The van der Waals surface area contributed by atoms with Gasteiger partial charge in [-0.15, -0.1) is 25.6 Å². The van der Waals surface area contributed by atoms with Gasteiger partial charge >= 0.3 is 6.36 Å². The maximum atomic E-state index is 12.4. The Bertz CT molecular complexity index is 599. The van der Waals surface area contributed by atoms with E-state index in [0.29, 0.717) is 11.1 Å². The Labute approximate surface area is 127 Å². The predicted octanol–water partition coefficient (Wildman–Crippen LogP) is 4.69. The van der Waals surface area contributed by atoms with Gasteiger partial charge in [-0.2, -0.15) is 0 Å². The van der Waals surface area contributed by atoms with E-state index in [-0.39, 0.29) is 24.2 Å². The van der Waals surface area contributed by atoms with Crippen LogP contribution in [0.1, 0.15) is 18.5 Å². The number of halogens is 4. The van der Waals surface area contributed by atoms with Crippen LogP contribution in [0.4, 0.5) is 13.2 Å². The smallest absolute Gasteiger partial charge is 0.405 e. The third-order valence-corrected chi connectivity index (χ3v) is 2.84. The number of para-hydroxylation sites is 1. The van der Waals surface area contributed by atoms with Gasteiger partial charge in [0.15, 0.2) is 0 Å². The molecule has 6 heteroatoms. The minimum absolute atomic E-state index is 0. The molecule has 2 N–H and O–H groups in total. The van der Waals surface area contributed by atoms with Crippen molar-refractivity contribution >= 4 is 12.4 Å². The molecule has 21 heavy (non-hydrogen) atoms. The van der Waals surface area contributed by atoms with E-state index in [1.807, 2.05) is 13.0 Å². The normalized spacial score (nSPS) is 12.4. The molecule has 0 radical (unpaired) electrons. The van der Waals surface area contributed by atoms with E-state index in [9.17, 15) is 13.2 Å². The molecule has 2 rings (SSSR count). The van der Waals surface area contributed by atoms with Gasteiger partial charge in [0, 0.05) is 11.6 Å². The van der Waals surface area contributed by atoms with Crippen LogP contribution in [-0.4, -0.2) is 6.36 Å². The highest BCUT2D eigenvalue weighted by atomic mass is 35.5. The topological polar surface area (TPSA) is 35.2 Å². The molecule has 0 aliphatic rings.